The Morgan fingerprint density at radius 1 is 1.45 bits per heavy atom. The van der Waals surface area contributed by atoms with E-state index in [0.717, 1.165) is 11.5 Å². The van der Waals surface area contributed by atoms with Gasteiger partial charge < -0.3 is 10.4 Å². The maximum Gasteiger partial charge on any atom is 0.330 e. The molecule has 1 amide bonds. The van der Waals surface area contributed by atoms with Crippen molar-refractivity contribution < 1.29 is 19.1 Å². The van der Waals surface area contributed by atoms with Crippen LogP contribution in [0.5, 0.6) is 0 Å². The molecule has 0 aliphatic rings. The molecule has 0 aliphatic heterocycles. The van der Waals surface area contributed by atoms with Crippen LogP contribution in [-0.4, -0.2) is 26.6 Å². The second-order valence-electron chi connectivity index (χ2n) is 4.66. The zero-order valence-corrected chi connectivity index (χ0v) is 12.8. The lowest BCUT2D eigenvalue weighted by atomic mass is 10.0. The molecule has 2 rings (SSSR count). The van der Waals surface area contributed by atoms with Crippen LogP contribution in [0, 0.1) is 12.7 Å². The molecule has 0 fully saturated rings. The first-order valence-corrected chi connectivity index (χ1v) is 7.32. The molecule has 6 nitrogen and oxygen atoms in total. The Labute approximate surface area is 130 Å². The molecule has 2 N–H and O–H groups in total. The zero-order valence-electron chi connectivity index (χ0n) is 12.0. The number of rotatable bonds is 5. The number of amides is 1. The molecule has 116 valence electrons. The molecule has 1 unspecified atom stereocenters. The van der Waals surface area contributed by atoms with Crippen LogP contribution in [0.25, 0.3) is 0 Å². The molecular weight excluding hydrogens is 309 g/mol. The van der Waals surface area contributed by atoms with Crippen molar-refractivity contribution in [2.45, 2.75) is 26.3 Å². The van der Waals surface area contributed by atoms with Crippen molar-refractivity contribution in [3.05, 3.63) is 45.7 Å². The summed E-state index contributed by atoms with van der Waals surface area (Å²) in [5, 5.41) is 15.6. The van der Waals surface area contributed by atoms with Gasteiger partial charge >= 0.3 is 5.97 Å². The third kappa shape index (κ3) is 3.28. The monoisotopic (exact) mass is 323 g/mol. The summed E-state index contributed by atoms with van der Waals surface area (Å²) in [6.45, 7) is 3.35. The van der Waals surface area contributed by atoms with E-state index in [2.05, 4.69) is 14.9 Å². The molecule has 0 saturated carbocycles. The first-order valence-electron chi connectivity index (χ1n) is 6.55. The molecule has 0 saturated heterocycles. The molecular formula is C14H14FN3O3S. The second-order valence-corrected chi connectivity index (χ2v) is 5.41. The average molecular weight is 323 g/mol. The minimum atomic E-state index is -1.27. The number of aromatic nitrogens is 2. The lowest BCUT2D eigenvalue weighted by Gasteiger charge is -2.15. The fourth-order valence-electron chi connectivity index (χ4n) is 1.94. The fourth-order valence-corrected chi connectivity index (χ4v) is 2.60. The van der Waals surface area contributed by atoms with Crippen LogP contribution in [0.15, 0.2) is 18.2 Å². The van der Waals surface area contributed by atoms with E-state index >= 15 is 0 Å². The molecule has 22 heavy (non-hydrogen) atoms. The highest BCUT2D eigenvalue weighted by Crippen LogP contribution is 2.19. The normalized spacial score (nSPS) is 12.0. The van der Waals surface area contributed by atoms with Crippen LogP contribution in [0.2, 0.25) is 0 Å². The first kappa shape index (κ1) is 16.0. The van der Waals surface area contributed by atoms with Gasteiger partial charge in [-0.2, -0.15) is 0 Å². The van der Waals surface area contributed by atoms with E-state index in [9.17, 15) is 19.1 Å². The number of aliphatic carboxylic acids is 1. The van der Waals surface area contributed by atoms with Crippen molar-refractivity contribution >= 4 is 23.4 Å². The summed E-state index contributed by atoms with van der Waals surface area (Å²) in [6.07, 6.45) is 0.520. The van der Waals surface area contributed by atoms with Gasteiger partial charge in [0.15, 0.2) is 6.04 Å². The predicted molar refractivity (Wildman–Crippen MR) is 78.3 cm³/mol. The minimum Gasteiger partial charge on any atom is -0.479 e. The van der Waals surface area contributed by atoms with Crippen molar-refractivity contribution in [2.75, 3.05) is 0 Å². The highest BCUT2D eigenvalue weighted by atomic mass is 32.1. The number of carbonyl (C=O) groups is 2. The van der Waals surface area contributed by atoms with Gasteiger partial charge in [0.1, 0.15) is 10.7 Å². The third-order valence-electron chi connectivity index (χ3n) is 3.13. The van der Waals surface area contributed by atoms with Gasteiger partial charge in [-0.05, 0) is 42.1 Å². The third-order valence-corrected chi connectivity index (χ3v) is 3.90. The van der Waals surface area contributed by atoms with Crippen LogP contribution in [0.1, 0.15) is 39.5 Å². The van der Waals surface area contributed by atoms with Gasteiger partial charge in [0.25, 0.3) is 5.91 Å². The molecule has 0 bridgehead atoms. The SMILES string of the molecule is CCc1nnsc1C(=O)NC(C(=O)O)c1ccc(F)c(C)c1. The highest BCUT2D eigenvalue weighted by Gasteiger charge is 2.25. The molecule has 0 aliphatic carbocycles. The van der Waals surface area contributed by atoms with Crippen LogP contribution in [0.4, 0.5) is 4.39 Å². The van der Waals surface area contributed by atoms with Gasteiger partial charge in [0.05, 0.1) is 5.69 Å². The number of carboxylic acids is 1. The van der Waals surface area contributed by atoms with E-state index in [-0.39, 0.29) is 4.88 Å². The van der Waals surface area contributed by atoms with Gasteiger partial charge in [-0.25, -0.2) is 9.18 Å². The van der Waals surface area contributed by atoms with Crippen molar-refractivity contribution in [1.82, 2.24) is 14.9 Å². The molecule has 1 aromatic carbocycles. The van der Waals surface area contributed by atoms with Crippen molar-refractivity contribution in [2.24, 2.45) is 0 Å². The minimum absolute atomic E-state index is 0.285. The van der Waals surface area contributed by atoms with Crippen LogP contribution >= 0.6 is 11.5 Å². The number of nitrogens with one attached hydrogen (secondary N) is 1. The zero-order chi connectivity index (χ0) is 16.3. The highest BCUT2D eigenvalue weighted by molar-refractivity contribution is 7.08. The van der Waals surface area contributed by atoms with Crippen molar-refractivity contribution in [1.29, 1.82) is 0 Å². The van der Waals surface area contributed by atoms with Crippen molar-refractivity contribution in [3.63, 3.8) is 0 Å². The van der Waals surface area contributed by atoms with Gasteiger partial charge in [0.2, 0.25) is 0 Å². The molecule has 8 heteroatoms. The summed E-state index contributed by atoms with van der Waals surface area (Å²) in [5.74, 6) is -2.21. The standard InChI is InChI=1S/C14H14FN3O3S/c1-3-10-12(22-18-17-10)13(19)16-11(14(20)21)8-4-5-9(15)7(2)6-8/h4-6,11H,3H2,1-2H3,(H,16,19)(H,20,21). The summed E-state index contributed by atoms with van der Waals surface area (Å²) >= 11 is 0.911. The van der Waals surface area contributed by atoms with Crippen LogP contribution < -0.4 is 5.32 Å². The molecule has 0 radical (unpaired) electrons. The summed E-state index contributed by atoms with van der Waals surface area (Å²) in [4.78, 5) is 23.9. The first-order chi connectivity index (χ1) is 10.4. The van der Waals surface area contributed by atoms with Gasteiger partial charge in [0, 0.05) is 0 Å². The van der Waals surface area contributed by atoms with Crippen LogP contribution in [-0.2, 0) is 11.2 Å². The smallest absolute Gasteiger partial charge is 0.330 e. The molecule has 1 atom stereocenters. The number of hydrogen-bond donors (Lipinski definition) is 2. The van der Waals surface area contributed by atoms with Gasteiger partial charge in [-0.3, -0.25) is 4.79 Å². The topological polar surface area (TPSA) is 92.2 Å². The van der Waals surface area contributed by atoms with Gasteiger partial charge in [-0.15, -0.1) is 5.10 Å². The Morgan fingerprint density at radius 3 is 2.77 bits per heavy atom. The number of halogens is 1. The Hall–Kier alpha value is -2.35. The average Bonchev–Trinajstić information content (AvgIpc) is 2.96. The largest absolute Gasteiger partial charge is 0.479 e. The Morgan fingerprint density at radius 2 is 2.18 bits per heavy atom. The van der Waals surface area contributed by atoms with Gasteiger partial charge in [-0.1, -0.05) is 23.5 Å². The predicted octanol–water partition coefficient (Wildman–Crippen LogP) is 2.10. The van der Waals surface area contributed by atoms with E-state index in [0.29, 0.717) is 23.2 Å². The number of aryl methyl sites for hydroxylation is 2. The number of nitrogens with zero attached hydrogens (tertiary/aromatic N) is 2. The number of carbonyl (C=O) groups excluding carboxylic acids is 1. The summed E-state index contributed by atoms with van der Waals surface area (Å²) in [5.41, 5.74) is 1.13. The quantitative estimate of drug-likeness (QED) is 0.879. The van der Waals surface area contributed by atoms with E-state index in [4.69, 9.17) is 0 Å². The second kappa shape index (κ2) is 6.61. The molecule has 1 heterocycles. The maximum atomic E-state index is 13.3. The molecule has 2 aromatic rings. The molecule has 1 aromatic heterocycles. The summed E-state index contributed by atoms with van der Waals surface area (Å²) in [7, 11) is 0. The Bertz CT molecular complexity index is 717. The van der Waals surface area contributed by atoms with E-state index in [1.807, 2.05) is 6.92 Å². The molecule has 0 spiro atoms. The lowest BCUT2D eigenvalue weighted by Crippen LogP contribution is -2.33. The van der Waals surface area contributed by atoms with Crippen molar-refractivity contribution in [3.8, 4) is 0 Å². The van der Waals surface area contributed by atoms with E-state index in [1.165, 1.54) is 25.1 Å². The Kier molecular flexibility index (Phi) is 4.81. The van der Waals surface area contributed by atoms with E-state index < -0.39 is 23.7 Å². The number of hydrogen-bond acceptors (Lipinski definition) is 5. The maximum absolute atomic E-state index is 13.3. The summed E-state index contributed by atoms with van der Waals surface area (Å²) in [6, 6.07) is 2.66. The Balaban J connectivity index is 2.27. The summed E-state index contributed by atoms with van der Waals surface area (Å²) < 4.78 is 17.0. The fraction of sp³-hybridized carbons (Fsp3) is 0.286. The lowest BCUT2D eigenvalue weighted by molar-refractivity contribution is -0.139. The number of carboxylic acid groups (broad SMARTS) is 1. The van der Waals surface area contributed by atoms with Crippen LogP contribution in [0.3, 0.4) is 0 Å². The van der Waals surface area contributed by atoms with E-state index in [1.54, 1.807) is 0 Å². The number of benzene rings is 1.